The maximum atomic E-state index is 9.79. The van der Waals surface area contributed by atoms with Crippen LogP contribution in [-0.2, 0) is 0 Å². The lowest BCUT2D eigenvalue weighted by Crippen LogP contribution is -2.30. The zero-order chi connectivity index (χ0) is 22.2. The van der Waals surface area contributed by atoms with Gasteiger partial charge in [-0.15, -0.1) is 0 Å². The number of hydrogen-bond acceptors (Lipinski definition) is 3. The van der Waals surface area contributed by atoms with Gasteiger partial charge in [-0.25, -0.2) is 0 Å². The Balaban J connectivity index is 1.67. The molecule has 5 rings (SSSR count). The van der Waals surface area contributed by atoms with Crippen molar-refractivity contribution in [1.82, 2.24) is 14.9 Å². The smallest absolute Gasteiger partial charge is 0.174 e. The van der Waals surface area contributed by atoms with E-state index in [1.807, 2.05) is 61.7 Å². The van der Waals surface area contributed by atoms with Crippen molar-refractivity contribution in [3.8, 4) is 11.4 Å². The van der Waals surface area contributed by atoms with Crippen LogP contribution in [0.25, 0.3) is 5.69 Å². The van der Waals surface area contributed by atoms with Crippen molar-refractivity contribution in [3.63, 3.8) is 0 Å². The first-order valence-corrected chi connectivity index (χ1v) is 11.0. The van der Waals surface area contributed by atoms with Gasteiger partial charge in [0.05, 0.1) is 11.7 Å². The van der Waals surface area contributed by atoms with Gasteiger partial charge in [-0.2, -0.15) is 0 Å². The van der Waals surface area contributed by atoms with Crippen molar-refractivity contribution >= 4 is 34.6 Å². The third kappa shape index (κ3) is 3.61. The van der Waals surface area contributed by atoms with E-state index in [9.17, 15) is 5.11 Å². The normalized spacial score (nSPS) is 18.1. The molecule has 0 bridgehead atoms. The minimum absolute atomic E-state index is 0.153. The van der Waals surface area contributed by atoms with Crippen LogP contribution in [0.1, 0.15) is 29.0 Å². The van der Waals surface area contributed by atoms with Gasteiger partial charge in [-0.1, -0.05) is 17.7 Å². The fourth-order valence-corrected chi connectivity index (χ4v) is 4.66. The van der Waals surface area contributed by atoms with E-state index in [0.29, 0.717) is 5.11 Å². The number of hydrogen-bond donors (Lipinski definition) is 2. The summed E-state index contributed by atoms with van der Waals surface area (Å²) in [7, 11) is 0. The van der Waals surface area contributed by atoms with Crippen LogP contribution in [0.5, 0.6) is 5.75 Å². The maximum absolute atomic E-state index is 9.79. The van der Waals surface area contributed by atoms with Crippen LogP contribution in [0.3, 0.4) is 0 Å². The molecule has 7 heteroatoms. The number of benzene rings is 2. The summed E-state index contributed by atoms with van der Waals surface area (Å²) in [6, 6.07) is 22.8. The second-order valence-electron chi connectivity index (χ2n) is 7.75. The van der Waals surface area contributed by atoms with Gasteiger partial charge in [0.15, 0.2) is 5.11 Å². The number of nitrogens with zero attached hydrogens (tertiary/aromatic N) is 3. The van der Waals surface area contributed by atoms with Gasteiger partial charge in [0.2, 0.25) is 0 Å². The van der Waals surface area contributed by atoms with E-state index in [4.69, 9.17) is 23.8 Å². The summed E-state index contributed by atoms with van der Waals surface area (Å²) >= 11 is 12.1. The monoisotopic (exact) mass is 460 g/mol. The van der Waals surface area contributed by atoms with Crippen molar-refractivity contribution < 1.29 is 5.11 Å². The van der Waals surface area contributed by atoms with Gasteiger partial charge >= 0.3 is 0 Å². The first-order valence-electron chi connectivity index (χ1n) is 10.3. The Morgan fingerprint density at radius 1 is 1.00 bits per heavy atom. The summed E-state index contributed by atoms with van der Waals surface area (Å²) in [4.78, 5) is 6.70. The number of anilines is 1. The van der Waals surface area contributed by atoms with Crippen molar-refractivity contribution in [2.75, 3.05) is 4.90 Å². The first kappa shape index (κ1) is 20.5. The predicted octanol–water partition coefficient (Wildman–Crippen LogP) is 5.72. The summed E-state index contributed by atoms with van der Waals surface area (Å²) in [5.41, 5.74) is 4.89. The minimum Gasteiger partial charge on any atom is -0.508 e. The van der Waals surface area contributed by atoms with E-state index in [0.717, 1.165) is 33.3 Å². The zero-order valence-corrected chi connectivity index (χ0v) is 18.9. The van der Waals surface area contributed by atoms with Gasteiger partial charge in [-0.3, -0.25) is 4.98 Å². The highest BCUT2D eigenvalue weighted by atomic mass is 35.5. The van der Waals surface area contributed by atoms with E-state index in [2.05, 4.69) is 31.9 Å². The molecule has 0 spiro atoms. The van der Waals surface area contributed by atoms with Crippen molar-refractivity contribution in [3.05, 3.63) is 107 Å². The number of phenols is 1. The molecule has 1 aliphatic rings. The van der Waals surface area contributed by atoms with Crippen LogP contribution in [0.15, 0.2) is 85.2 Å². The molecule has 0 aliphatic carbocycles. The number of rotatable bonds is 4. The Labute approximate surface area is 196 Å². The van der Waals surface area contributed by atoms with Crippen LogP contribution in [0.2, 0.25) is 5.02 Å². The van der Waals surface area contributed by atoms with E-state index in [1.165, 1.54) is 0 Å². The Morgan fingerprint density at radius 3 is 2.50 bits per heavy atom. The molecule has 4 aromatic rings. The average molecular weight is 461 g/mol. The highest BCUT2D eigenvalue weighted by molar-refractivity contribution is 7.80. The molecule has 1 aliphatic heterocycles. The third-order valence-corrected chi connectivity index (χ3v) is 6.47. The van der Waals surface area contributed by atoms with Gasteiger partial charge in [0.1, 0.15) is 11.8 Å². The molecule has 2 N–H and O–H groups in total. The largest absolute Gasteiger partial charge is 0.508 e. The lowest BCUT2D eigenvalue weighted by molar-refractivity contribution is 0.475. The van der Waals surface area contributed by atoms with Gasteiger partial charge in [0.25, 0.3) is 0 Å². The molecule has 1 fully saturated rings. The molecular formula is C25H21ClN4OS. The lowest BCUT2D eigenvalue weighted by atomic mass is 10.0. The van der Waals surface area contributed by atoms with Crippen LogP contribution in [0.4, 0.5) is 5.69 Å². The number of aromatic hydroxyl groups is 1. The molecule has 1 saturated heterocycles. The molecule has 5 nitrogen and oxygen atoms in total. The molecule has 0 amide bonds. The predicted molar refractivity (Wildman–Crippen MR) is 132 cm³/mol. The van der Waals surface area contributed by atoms with E-state index >= 15 is 0 Å². The Bertz CT molecular complexity index is 1270. The molecule has 2 aromatic heterocycles. The third-order valence-electron chi connectivity index (χ3n) is 5.73. The van der Waals surface area contributed by atoms with Crippen molar-refractivity contribution in [2.45, 2.75) is 19.0 Å². The van der Waals surface area contributed by atoms with Gasteiger partial charge in [-0.05, 0) is 91.4 Å². The molecular weight excluding hydrogens is 440 g/mol. The van der Waals surface area contributed by atoms with Crippen molar-refractivity contribution in [2.24, 2.45) is 0 Å². The topological polar surface area (TPSA) is 53.3 Å². The quantitative estimate of drug-likeness (QED) is 0.381. The Morgan fingerprint density at radius 2 is 1.78 bits per heavy atom. The fourth-order valence-electron chi connectivity index (χ4n) is 4.20. The first-order chi connectivity index (χ1) is 15.5. The van der Waals surface area contributed by atoms with Gasteiger partial charge < -0.3 is 19.9 Å². The summed E-state index contributed by atoms with van der Waals surface area (Å²) in [5.74, 6) is 0.213. The number of halogens is 1. The molecule has 2 unspecified atom stereocenters. The number of phenolic OH excluding ortho intramolecular Hbond substituents is 1. The molecule has 2 atom stereocenters. The molecule has 2 aromatic carbocycles. The number of thiocarbonyl (C=S) groups is 1. The Hall–Kier alpha value is -3.35. The maximum Gasteiger partial charge on any atom is 0.174 e. The number of pyridine rings is 1. The summed E-state index contributed by atoms with van der Waals surface area (Å²) in [6.45, 7) is 2.00. The van der Waals surface area contributed by atoms with Crippen LogP contribution >= 0.6 is 23.8 Å². The van der Waals surface area contributed by atoms with E-state index < -0.39 is 0 Å². The SMILES string of the molecule is Cc1cc(-n2cccc2C2C(c3ccccn3)NC(=S)N2c2ccc(O)cc2)ccc1Cl. The second-order valence-corrected chi connectivity index (χ2v) is 8.54. The highest BCUT2D eigenvalue weighted by Gasteiger charge is 2.42. The number of nitrogens with one attached hydrogen (secondary N) is 1. The lowest BCUT2D eigenvalue weighted by Gasteiger charge is -2.29. The molecule has 3 heterocycles. The molecule has 32 heavy (non-hydrogen) atoms. The second kappa shape index (κ2) is 8.30. The van der Waals surface area contributed by atoms with Crippen LogP contribution in [0, 0.1) is 6.92 Å². The minimum atomic E-state index is -0.159. The fraction of sp³-hybridized carbons (Fsp3) is 0.120. The summed E-state index contributed by atoms with van der Waals surface area (Å²) in [6.07, 6.45) is 3.84. The Kier molecular flexibility index (Phi) is 5.33. The molecule has 0 saturated carbocycles. The summed E-state index contributed by atoms with van der Waals surface area (Å²) in [5, 5.41) is 14.6. The van der Waals surface area contributed by atoms with Crippen LogP contribution in [-0.4, -0.2) is 19.8 Å². The van der Waals surface area contributed by atoms with Gasteiger partial charge in [0, 0.05) is 34.5 Å². The number of aryl methyl sites for hydroxylation is 1. The zero-order valence-electron chi connectivity index (χ0n) is 17.3. The molecule has 160 valence electrons. The van der Waals surface area contributed by atoms with Crippen molar-refractivity contribution in [1.29, 1.82) is 0 Å². The van der Waals surface area contributed by atoms with Crippen LogP contribution < -0.4 is 10.2 Å². The highest BCUT2D eigenvalue weighted by Crippen LogP contribution is 2.42. The average Bonchev–Trinajstić information content (AvgIpc) is 3.41. The standard InChI is InChI=1S/C25H21ClN4OS/c1-16-15-18(9-12-20(16)26)29-14-4-6-22(29)24-23(21-5-2-3-13-27-21)28-25(32)30(24)17-7-10-19(31)11-8-17/h2-15,23-24,31H,1H3,(H,28,32). The van der Waals surface area contributed by atoms with E-state index in [1.54, 1.807) is 18.3 Å². The summed E-state index contributed by atoms with van der Waals surface area (Å²) < 4.78 is 2.16. The van der Waals surface area contributed by atoms with E-state index in [-0.39, 0.29) is 17.8 Å². The number of aromatic nitrogens is 2. The molecule has 0 radical (unpaired) electrons.